The molecule has 0 atom stereocenters. The number of rotatable bonds is 7. The van der Waals surface area contributed by atoms with Crippen molar-refractivity contribution >= 4 is 17.7 Å². The smallest absolute Gasteiger partial charge is 0.343 e. The van der Waals surface area contributed by atoms with Gasteiger partial charge in [-0.3, -0.25) is 9.36 Å². The van der Waals surface area contributed by atoms with Gasteiger partial charge in [0, 0.05) is 25.8 Å². The van der Waals surface area contributed by atoms with Crippen LogP contribution in [0.3, 0.4) is 0 Å². The minimum absolute atomic E-state index is 0.0564. The Kier molecular flexibility index (Phi) is 5.62. The van der Waals surface area contributed by atoms with Crippen LogP contribution in [0.2, 0.25) is 0 Å². The van der Waals surface area contributed by atoms with Crippen molar-refractivity contribution in [2.24, 2.45) is 0 Å². The van der Waals surface area contributed by atoms with E-state index in [0.29, 0.717) is 24.0 Å². The molecule has 0 spiro atoms. The maximum atomic E-state index is 11.8. The van der Waals surface area contributed by atoms with Crippen molar-refractivity contribution in [3.63, 3.8) is 0 Å². The number of aryl methyl sites for hydroxylation is 1. The first-order valence-electron chi connectivity index (χ1n) is 6.73. The summed E-state index contributed by atoms with van der Waals surface area (Å²) in [5, 5.41) is 9.86. The zero-order valence-corrected chi connectivity index (χ0v) is 12.7. The summed E-state index contributed by atoms with van der Waals surface area (Å²) in [5.41, 5.74) is 0.979. The molecule has 21 heavy (non-hydrogen) atoms. The summed E-state index contributed by atoms with van der Waals surface area (Å²) in [6.07, 6.45) is 0.777. The molecule has 0 fully saturated rings. The molecule has 6 nitrogen and oxygen atoms in total. The molecule has 2 N–H and O–H groups in total. The largest absolute Gasteiger partial charge is 0.356 e. The molecule has 0 unspecified atom stereocenters. The third-order valence-electron chi connectivity index (χ3n) is 2.90. The predicted octanol–water partition coefficient (Wildman–Crippen LogP) is 1.04. The Balaban J connectivity index is 1.91. The molecule has 0 saturated heterocycles. The van der Waals surface area contributed by atoms with Crippen molar-refractivity contribution in [2.45, 2.75) is 25.0 Å². The van der Waals surface area contributed by atoms with Crippen molar-refractivity contribution in [3.05, 3.63) is 46.4 Å². The monoisotopic (exact) mass is 306 g/mol. The quantitative estimate of drug-likeness (QED) is 0.592. The Morgan fingerprint density at radius 2 is 2.14 bits per heavy atom. The number of thioether (sulfide) groups is 1. The summed E-state index contributed by atoms with van der Waals surface area (Å²) in [6, 6.07) is 10.0. The zero-order valence-electron chi connectivity index (χ0n) is 11.8. The molecule has 0 radical (unpaired) electrons. The predicted molar refractivity (Wildman–Crippen MR) is 82.4 cm³/mol. The van der Waals surface area contributed by atoms with E-state index >= 15 is 0 Å². The third-order valence-corrected chi connectivity index (χ3v) is 3.88. The molecule has 112 valence electrons. The molecule has 7 heteroatoms. The minimum Gasteiger partial charge on any atom is -0.356 e. The normalized spacial score (nSPS) is 10.5. The number of amides is 1. The molecule has 2 aromatic rings. The number of benzene rings is 1. The minimum atomic E-state index is -0.201. The van der Waals surface area contributed by atoms with Crippen LogP contribution in [0.4, 0.5) is 0 Å². The second kappa shape index (κ2) is 7.68. The van der Waals surface area contributed by atoms with Gasteiger partial charge in [-0.1, -0.05) is 42.1 Å². The van der Waals surface area contributed by atoms with Gasteiger partial charge in [-0.15, -0.1) is 5.10 Å². The number of aromatic nitrogens is 3. The zero-order chi connectivity index (χ0) is 15.1. The molecule has 1 aromatic carbocycles. The van der Waals surface area contributed by atoms with E-state index in [1.165, 1.54) is 24.2 Å². The maximum Gasteiger partial charge on any atom is 0.343 e. The molecule has 1 aromatic heterocycles. The van der Waals surface area contributed by atoms with Crippen molar-refractivity contribution in [2.75, 3.05) is 12.3 Å². The van der Waals surface area contributed by atoms with Gasteiger partial charge in [0.2, 0.25) is 5.91 Å². The van der Waals surface area contributed by atoms with E-state index in [9.17, 15) is 9.59 Å². The fourth-order valence-electron chi connectivity index (χ4n) is 1.87. The van der Waals surface area contributed by atoms with Crippen molar-refractivity contribution in [3.8, 4) is 0 Å². The Hall–Kier alpha value is -2.02. The summed E-state index contributed by atoms with van der Waals surface area (Å²) in [5.74, 6) is 0.619. The van der Waals surface area contributed by atoms with Crippen LogP contribution in [0.1, 0.15) is 12.5 Å². The van der Waals surface area contributed by atoms with Gasteiger partial charge >= 0.3 is 5.69 Å². The van der Waals surface area contributed by atoms with Crippen molar-refractivity contribution in [1.29, 1.82) is 0 Å². The first kappa shape index (κ1) is 15.4. The van der Waals surface area contributed by atoms with Gasteiger partial charge < -0.3 is 5.32 Å². The average Bonchev–Trinajstić information content (AvgIpc) is 2.83. The molecule has 1 heterocycles. The second-order valence-electron chi connectivity index (χ2n) is 4.53. The van der Waals surface area contributed by atoms with E-state index in [2.05, 4.69) is 15.5 Å². The van der Waals surface area contributed by atoms with Gasteiger partial charge in [0.15, 0.2) is 5.16 Å². The van der Waals surface area contributed by atoms with E-state index in [1.807, 2.05) is 30.3 Å². The highest BCUT2D eigenvalue weighted by Gasteiger charge is 2.08. The molecule has 0 aliphatic carbocycles. The molecular formula is C14H18N4O2S. The van der Waals surface area contributed by atoms with Crippen LogP contribution >= 0.6 is 11.8 Å². The number of carbonyl (C=O) groups is 1. The summed E-state index contributed by atoms with van der Waals surface area (Å²) in [6.45, 7) is 2.62. The van der Waals surface area contributed by atoms with Crippen molar-refractivity contribution < 1.29 is 4.79 Å². The average molecular weight is 306 g/mol. The van der Waals surface area contributed by atoms with Crippen LogP contribution < -0.4 is 11.0 Å². The summed E-state index contributed by atoms with van der Waals surface area (Å²) in [7, 11) is 0. The van der Waals surface area contributed by atoms with Crippen LogP contribution in [-0.2, 0) is 17.8 Å². The summed E-state index contributed by atoms with van der Waals surface area (Å²) in [4.78, 5) is 22.6. The highest BCUT2D eigenvalue weighted by Crippen LogP contribution is 2.13. The second-order valence-corrected chi connectivity index (χ2v) is 5.59. The number of hydrogen-bond donors (Lipinski definition) is 2. The molecule has 0 bridgehead atoms. The van der Waals surface area contributed by atoms with E-state index in [0.717, 1.165) is 6.42 Å². The lowest BCUT2D eigenvalue weighted by Crippen LogP contribution is -2.23. The van der Waals surface area contributed by atoms with Gasteiger partial charge in [0.25, 0.3) is 0 Å². The Bertz CT molecular complexity index is 636. The highest BCUT2D eigenvalue weighted by atomic mass is 32.2. The van der Waals surface area contributed by atoms with Crippen LogP contribution in [-0.4, -0.2) is 33.0 Å². The first-order chi connectivity index (χ1) is 10.2. The number of carbonyl (C=O) groups excluding carboxylic acids is 1. The molecule has 0 saturated carbocycles. The number of nitrogens with one attached hydrogen (secondary N) is 2. The van der Waals surface area contributed by atoms with E-state index < -0.39 is 0 Å². The standard InChI is InChI=1S/C14H18N4O2S/c1-11(19)15-8-10-21-14-17-16-13(20)18(14)9-7-12-5-3-2-4-6-12/h2-6H,7-10H2,1H3,(H,15,19)(H,16,20). The fraction of sp³-hybridized carbons (Fsp3) is 0.357. The van der Waals surface area contributed by atoms with Crippen LogP contribution in [0, 0.1) is 0 Å². The lowest BCUT2D eigenvalue weighted by molar-refractivity contribution is -0.118. The molecule has 0 aliphatic heterocycles. The number of aromatic amines is 1. The topological polar surface area (TPSA) is 79.8 Å². The Morgan fingerprint density at radius 3 is 2.86 bits per heavy atom. The van der Waals surface area contributed by atoms with Crippen LogP contribution in [0.15, 0.2) is 40.3 Å². The lowest BCUT2D eigenvalue weighted by atomic mass is 10.1. The maximum absolute atomic E-state index is 11.8. The van der Waals surface area contributed by atoms with E-state index in [-0.39, 0.29) is 11.6 Å². The molecular weight excluding hydrogens is 288 g/mol. The lowest BCUT2D eigenvalue weighted by Gasteiger charge is -2.06. The summed E-state index contributed by atoms with van der Waals surface area (Å²) < 4.78 is 1.63. The Labute approximate surface area is 127 Å². The van der Waals surface area contributed by atoms with Gasteiger partial charge in [0.05, 0.1) is 0 Å². The molecule has 2 rings (SSSR count). The van der Waals surface area contributed by atoms with Crippen LogP contribution in [0.25, 0.3) is 0 Å². The fourth-order valence-corrected chi connectivity index (χ4v) is 2.69. The number of hydrogen-bond acceptors (Lipinski definition) is 4. The third kappa shape index (κ3) is 4.78. The first-order valence-corrected chi connectivity index (χ1v) is 7.72. The number of nitrogens with zero attached hydrogens (tertiary/aromatic N) is 2. The highest BCUT2D eigenvalue weighted by molar-refractivity contribution is 7.99. The molecule has 1 amide bonds. The SMILES string of the molecule is CC(=O)NCCSc1n[nH]c(=O)n1CCc1ccccc1. The van der Waals surface area contributed by atoms with Crippen LogP contribution in [0.5, 0.6) is 0 Å². The van der Waals surface area contributed by atoms with Gasteiger partial charge in [-0.05, 0) is 12.0 Å². The van der Waals surface area contributed by atoms with Gasteiger partial charge in [-0.2, -0.15) is 0 Å². The Morgan fingerprint density at radius 1 is 1.38 bits per heavy atom. The van der Waals surface area contributed by atoms with Gasteiger partial charge in [0.1, 0.15) is 0 Å². The molecule has 0 aliphatic rings. The van der Waals surface area contributed by atoms with E-state index in [4.69, 9.17) is 0 Å². The number of H-pyrrole nitrogens is 1. The van der Waals surface area contributed by atoms with Crippen molar-refractivity contribution in [1.82, 2.24) is 20.1 Å². The van der Waals surface area contributed by atoms with E-state index in [1.54, 1.807) is 4.57 Å². The summed E-state index contributed by atoms with van der Waals surface area (Å²) >= 11 is 1.45. The van der Waals surface area contributed by atoms with Gasteiger partial charge in [-0.25, -0.2) is 9.89 Å².